The molecule has 0 saturated heterocycles. The number of carbonyl (C=O) groups is 1. The third kappa shape index (κ3) is 2.72. The van der Waals surface area contributed by atoms with Gasteiger partial charge in [-0.25, -0.2) is 0 Å². The first-order chi connectivity index (χ1) is 8.61. The summed E-state index contributed by atoms with van der Waals surface area (Å²) in [6, 6.07) is 2.61. The van der Waals surface area contributed by atoms with Crippen LogP contribution in [0.4, 0.5) is 0 Å². The van der Waals surface area contributed by atoms with E-state index in [0.29, 0.717) is 23.5 Å². The molecule has 5 heteroatoms. The Hall–Kier alpha value is -1.36. The third-order valence-electron chi connectivity index (χ3n) is 3.82. The molecule has 0 bridgehead atoms. The lowest BCUT2D eigenvalue weighted by molar-refractivity contribution is 0.0675. The lowest BCUT2D eigenvalue weighted by Gasteiger charge is -2.34. The Balaban J connectivity index is 1.95. The van der Waals surface area contributed by atoms with Gasteiger partial charge in [0, 0.05) is 25.2 Å². The molecule has 18 heavy (non-hydrogen) atoms. The molecule has 1 N–H and O–H groups in total. The van der Waals surface area contributed by atoms with E-state index in [0.717, 1.165) is 25.7 Å². The van der Waals surface area contributed by atoms with Crippen molar-refractivity contribution in [2.24, 2.45) is 0 Å². The van der Waals surface area contributed by atoms with E-state index in [2.05, 4.69) is 10.5 Å². The first-order valence-electron chi connectivity index (χ1n) is 6.49. The second kappa shape index (κ2) is 5.52. The van der Waals surface area contributed by atoms with Crippen LogP contribution in [0.25, 0.3) is 0 Å². The molecule has 1 aromatic rings. The van der Waals surface area contributed by atoms with Crippen LogP contribution in [0.5, 0.6) is 0 Å². The monoisotopic (exact) mass is 251 g/mol. The Morgan fingerprint density at radius 1 is 1.44 bits per heavy atom. The van der Waals surface area contributed by atoms with Crippen LogP contribution in [-0.4, -0.2) is 42.1 Å². The molecule has 1 heterocycles. The summed E-state index contributed by atoms with van der Waals surface area (Å²) in [5.41, 5.74) is 0.408. The number of hydrogen-bond donors (Lipinski definition) is 1. The normalized spacial score (nSPS) is 23.9. The van der Waals surface area contributed by atoms with E-state index in [9.17, 15) is 4.79 Å². The number of aromatic nitrogens is 1. The van der Waals surface area contributed by atoms with Crippen molar-refractivity contribution in [3.05, 3.63) is 17.5 Å². The summed E-state index contributed by atoms with van der Waals surface area (Å²) in [6.07, 6.45) is 4.34. The zero-order valence-electron chi connectivity index (χ0n) is 11.3. The molecule has 0 aliphatic heterocycles. The zero-order chi connectivity index (χ0) is 13.1. The van der Waals surface area contributed by atoms with Gasteiger partial charge in [-0.15, -0.1) is 0 Å². The standard InChI is InChI=1S/C13H21N3O2/c1-9-8-12(15-18-9)13(17)16(3)11-6-4-10(14-2)5-7-11/h8,10-11,14H,4-7H2,1-3H3. The summed E-state index contributed by atoms with van der Waals surface area (Å²) in [7, 11) is 3.86. The predicted molar refractivity (Wildman–Crippen MR) is 68.4 cm³/mol. The Morgan fingerprint density at radius 2 is 2.11 bits per heavy atom. The number of carbonyl (C=O) groups excluding carboxylic acids is 1. The van der Waals surface area contributed by atoms with Crippen molar-refractivity contribution in [2.45, 2.75) is 44.7 Å². The molecule has 100 valence electrons. The van der Waals surface area contributed by atoms with Gasteiger partial charge in [0.05, 0.1) is 0 Å². The highest BCUT2D eigenvalue weighted by atomic mass is 16.5. The largest absolute Gasteiger partial charge is 0.361 e. The highest BCUT2D eigenvalue weighted by molar-refractivity contribution is 5.92. The number of hydrogen-bond acceptors (Lipinski definition) is 4. The van der Waals surface area contributed by atoms with Crippen LogP contribution in [0, 0.1) is 6.92 Å². The minimum absolute atomic E-state index is 0.0419. The Labute approximate surface area is 108 Å². The van der Waals surface area contributed by atoms with E-state index in [4.69, 9.17) is 4.52 Å². The van der Waals surface area contributed by atoms with Crippen molar-refractivity contribution in [1.82, 2.24) is 15.4 Å². The van der Waals surface area contributed by atoms with Crippen LogP contribution in [0.2, 0.25) is 0 Å². The van der Waals surface area contributed by atoms with Gasteiger partial charge in [-0.2, -0.15) is 0 Å². The Bertz CT molecular complexity index is 408. The molecule has 0 radical (unpaired) electrons. The fourth-order valence-corrected chi connectivity index (χ4v) is 2.57. The third-order valence-corrected chi connectivity index (χ3v) is 3.82. The fourth-order valence-electron chi connectivity index (χ4n) is 2.57. The number of nitrogens with zero attached hydrogens (tertiary/aromatic N) is 2. The molecule has 0 atom stereocenters. The molecule has 1 aromatic heterocycles. The number of amides is 1. The second-order valence-corrected chi connectivity index (χ2v) is 5.03. The highest BCUT2D eigenvalue weighted by Gasteiger charge is 2.27. The summed E-state index contributed by atoms with van der Waals surface area (Å²) >= 11 is 0. The molecule has 0 unspecified atom stereocenters. The van der Waals surface area contributed by atoms with E-state index < -0.39 is 0 Å². The number of rotatable bonds is 3. The van der Waals surface area contributed by atoms with Crippen molar-refractivity contribution in [2.75, 3.05) is 14.1 Å². The molecule has 0 spiro atoms. The van der Waals surface area contributed by atoms with Crippen molar-refractivity contribution >= 4 is 5.91 Å². The van der Waals surface area contributed by atoms with Crippen molar-refractivity contribution in [1.29, 1.82) is 0 Å². The van der Waals surface area contributed by atoms with Gasteiger partial charge in [0.1, 0.15) is 5.76 Å². The smallest absolute Gasteiger partial charge is 0.276 e. The predicted octanol–water partition coefficient (Wildman–Crippen LogP) is 1.59. The summed E-state index contributed by atoms with van der Waals surface area (Å²) in [4.78, 5) is 14.0. The molecule has 1 amide bonds. The second-order valence-electron chi connectivity index (χ2n) is 5.03. The molecule has 1 aliphatic rings. The van der Waals surface area contributed by atoms with E-state index in [1.165, 1.54) is 0 Å². The van der Waals surface area contributed by atoms with Crippen LogP contribution in [0.3, 0.4) is 0 Å². The number of nitrogens with one attached hydrogen (secondary N) is 1. The average Bonchev–Trinajstić information content (AvgIpc) is 2.84. The Morgan fingerprint density at radius 3 is 2.61 bits per heavy atom. The van der Waals surface area contributed by atoms with Gasteiger partial charge < -0.3 is 14.7 Å². The van der Waals surface area contributed by atoms with Crippen LogP contribution < -0.4 is 5.32 Å². The topological polar surface area (TPSA) is 58.4 Å². The van der Waals surface area contributed by atoms with Gasteiger partial charge in [0.15, 0.2) is 5.69 Å². The van der Waals surface area contributed by atoms with Gasteiger partial charge in [0.2, 0.25) is 0 Å². The van der Waals surface area contributed by atoms with E-state index >= 15 is 0 Å². The van der Waals surface area contributed by atoms with Gasteiger partial charge in [-0.3, -0.25) is 4.79 Å². The first kappa shape index (κ1) is 13.1. The maximum absolute atomic E-state index is 12.2. The fraction of sp³-hybridized carbons (Fsp3) is 0.692. The molecular formula is C13H21N3O2. The van der Waals surface area contributed by atoms with Gasteiger partial charge >= 0.3 is 0 Å². The van der Waals surface area contributed by atoms with Crippen LogP contribution in [0.15, 0.2) is 10.6 Å². The van der Waals surface area contributed by atoms with Crippen molar-refractivity contribution in [3.8, 4) is 0 Å². The summed E-state index contributed by atoms with van der Waals surface area (Å²) < 4.78 is 4.95. The maximum atomic E-state index is 12.2. The van der Waals surface area contributed by atoms with E-state index in [1.807, 2.05) is 19.0 Å². The SMILES string of the molecule is CNC1CCC(N(C)C(=O)c2cc(C)on2)CC1. The minimum Gasteiger partial charge on any atom is -0.361 e. The first-order valence-corrected chi connectivity index (χ1v) is 6.49. The molecule has 2 rings (SSSR count). The molecule has 1 fully saturated rings. The Kier molecular flexibility index (Phi) is 4.01. The summed E-state index contributed by atoms with van der Waals surface area (Å²) in [6.45, 7) is 1.79. The lowest BCUT2D eigenvalue weighted by atomic mass is 9.90. The van der Waals surface area contributed by atoms with E-state index in [1.54, 1.807) is 13.0 Å². The van der Waals surface area contributed by atoms with Gasteiger partial charge in [-0.05, 0) is 39.7 Å². The van der Waals surface area contributed by atoms with Crippen LogP contribution in [0.1, 0.15) is 41.9 Å². The maximum Gasteiger partial charge on any atom is 0.276 e. The number of aryl methyl sites for hydroxylation is 1. The van der Waals surface area contributed by atoms with E-state index in [-0.39, 0.29) is 5.91 Å². The van der Waals surface area contributed by atoms with Crippen molar-refractivity contribution in [3.63, 3.8) is 0 Å². The quantitative estimate of drug-likeness (QED) is 0.886. The zero-order valence-corrected chi connectivity index (χ0v) is 11.3. The summed E-state index contributed by atoms with van der Waals surface area (Å²) in [5.74, 6) is 0.630. The average molecular weight is 251 g/mol. The van der Waals surface area contributed by atoms with Gasteiger partial charge in [0.25, 0.3) is 5.91 Å². The highest BCUT2D eigenvalue weighted by Crippen LogP contribution is 2.23. The molecule has 1 aliphatic carbocycles. The molecule has 1 saturated carbocycles. The van der Waals surface area contributed by atoms with Crippen molar-refractivity contribution < 1.29 is 9.32 Å². The lowest BCUT2D eigenvalue weighted by Crippen LogP contribution is -2.42. The molecule has 5 nitrogen and oxygen atoms in total. The summed E-state index contributed by atoms with van der Waals surface area (Å²) in [5, 5.41) is 7.08. The molecule has 0 aromatic carbocycles. The van der Waals surface area contributed by atoms with Crippen LogP contribution >= 0.6 is 0 Å². The minimum atomic E-state index is -0.0419. The van der Waals surface area contributed by atoms with Gasteiger partial charge in [-0.1, -0.05) is 5.16 Å². The van der Waals surface area contributed by atoms with Crippen LogP contribution in [-0.2, 0) is 0 Å². The molecular weight excluding hydrogens is 230 g/mol.